The van der Waals surface area contributed by atoms with Crippen LogP contribution in [0.2, 0.25) is 0 Å². The van der Waals surface area contributed by atoms with Gasteiger partial charge in [0.2, 0.25) is 0 Å². The van der Waals surface area contributed by atoms with Crippen LogP contribution in [-0.2, 0) is 6.42 Å². The van der Waals surface area contributed by atoms with Crippen LogP contribution in [-0.4, -0.2) is 41.0 Å². The Kier molecular flexibility index (Phi) is 7.71. The number of benzene rings is 2. The van der Waals surface area contributed by atoms with E-state index < -0.39 is 6.10 Å². The van der Waals surface area contributed by atoms with E-state index in [1.165, 1.54) is 0 Å². The summed E-state index contributed by atoms with van der Waals surface area (Å²) in [5.74, 6) is -0.0120. The van der Waals surface area contributed by atoms with Crippen LogP contribution in [0.1, 0.15) is 46.1 Å². The lowest BCUT2D eigenvalue weighted by molar-refractivity contribution is 0.0742. The van der Waals surface area contributed by atoms with Crippen molar-refractivity contribution in [1.29, 1.82) is 0 Å². The third kappa shape index (κ3) is 5.75. The number of hydrogen-bond acceptors (Lipinski definition) is 4. The van der Waals surface area contributed by atoms with Gasteiger partial charge in [-0.25, -0.2) is 0 Å². The molecular weight excluding hydrogens is 374 g/mol. The predicted molar refractivity (Wildman–Crippen MR) is 119 cm³/mol. The largest absolute Gasteiger partial charge is 0.387 e. The van der Waals surface area contributed by atoms with Crippen molar-refractivity contribution in [3.05, 3.63) is 101 Å². The van der Waals surface area contributed by atoms with E-state index >= 15 is 0 Å². The molecular formula is C25H29N3O2. The fourth-order valence-corrected chi connectivity index (χ4v) is 3.30. The molecule has 1 aromatic heterocycles. The van der Waals surface area contributed by atoms with Crippen molar-refractivity contribution in [2.75, 3.05) is 20.1 Å². The second-order valence-electron chi connectivity index (χ2n) is 7.46. The zero-order valence-corrected chi connectivity index (χ0v) is 17.5. The van der Waals surface area contributed by atoms with Crippen molar-refractivity contribution in [2.24, 2.45) is 0 Å². The Hall–Kier alpha value is -3.02. The Morgan fingerprint density at radius 1 is 1.03 bits per heavy atom. The lowest BCUT2D eigenvalue weighted by atomic mass is 10.1. The van der Waals surface area contributed by atoms with Gasteiger partial charge >= 0.3 is 0 Å². The van der Waals surface area contributed by atoms with Crippen molar-refractivity contribution in [3.63, 3.8) is 0 Å². The Morgan fingerprint density at radius 3 is 2.40 bits per heavy atom. The van der Waals surface area contributed by atoms with Crippen molar-refractivity contribution in [2.45, 2.75) is 25.5 Å². The number of aliphatic hydroxyl groups excluding tert-OH is 1. The average Bonchev–Trinajstić information content (AvgIpc) is 2.81. The van der Waals surface area contributed by atoms with Gasteiger partial charge in [0.1, 0.15) is 0 Å². The van der Waals surface area contributed by atoms with Crippen LogP contribution in [0.4, 0.5) is 0 Å². The minimum absolute atomic E-state index is 0.0120. The highest BCUT2D eigenvalue weighted by molar-refractivity contribution is 5.94. The summed E-state index contributed by atoms with van der Waals surface area (Å²) in [7, 11) is 1.82. The van der Waals surface area contributed by atoms with Gasteiger partial charge in [0.15, 0.2) is 0 Å². The maximum atomic E-state index is 12.8. The van der Waals surface area contributed by atoms with Crippen molar-refractivity contribution in [3.8, 4) is 0 Å². The second-order valence-corrected chi connectivity index (χ2v) is 7.46. The molecule has 0 aliphatic carbocycles. The summed E-state index contributed by atoms with van der Waals surface area (Å²) in [6, 6.07) is 21.2. The number of carbonyl (C=O) groups is 1. The molecule has 0 aliphatic rings. The molecule has 5 nitrogen and oxygen atoms in total. The number of rotatable bonds is 9. The first-order valence-electron chi connectivity index (χ1n) is 10.3. The van der Waals surface area contributed by atoms with Crippen molar-refractivity contribution < 1.29 is 9.90 Å². The molecule has 2 N–H and O–H groups in total. The van der Waals surface area contributed by atoms with Gasteiger partial charge in [-0.3, -0.25) is 9.78 Å². The number of carbonyl (C=O) groups excluding carboxylic acids is 1. The van der Waals surface area contributed by atoms with E-state index in [4.69, 9.17) is 0 Å². The van der Waals surface area contributed by atoms with E-state index in [-0.39, 0.29) is 11.9 Å². The summed E-state index contributed by atoms with van der Waals surface area (Å²) in [5, 5.41) is 13.5. The molecule has 3 aromatic rings. The van der Waals surface area contributed by atoms with E-state index in [9.17, 15) is 9.90 Å². The fourth-order valence-electron chi connectivity index (χ4n) is 3.30. The molecule has 2 unspecified atom stereocenters. The van der Waals surface area contributed by atoms with Gasteiger partial charge in [0.05, 0.1) is 12.1 Å². The number of pyridine rings is 1. The summed E-state index contributed by atoms with van der Waals surface area (Å²) in [5.41, 5.74) is 3.74. The first-order valence-corrected chi connectivity index (χ1v) is 10.3. The molecule has 1 heterocycles. The van der Waals surface area contributed by atoms with Gasteiger partial charge in [0, 0.05) is 31.5 Å². The van der Waals surface area contributed by atoms with Gasteiger partial charge in [0.25, 0.3) is 5.91 Å². The highest BCUT2D eigenvalue weighted by Gasteiger charge is 2.19. The number of aliphatic hydroxyl groups is 1. The third-order valence-corrected chi connectivity index (χ3v) is 5.38. The zero-order valence-electron chi connectivity index (χ0n) is 17.5. The first kappa shape index (κ1) is 21.7. The topological polar surface area (TPSA) is 65.5 Å². The lowest BCUT2D eigenvalue weighted by Crippen LogP contribution is -2.29. The monoisotopic (exact) mass is 403 g/mol. The number of amides is 1. The SMILES string of the molecule is CC(c1cccnc1)N(C)C(=O)c1ccc(CCNCC(O)c2ccccc2)cc1. The molecule has 0 saturated carbocycles. The molecule has 0 radical (unpaired) electrons. The second kappa shape index (κ2) is 10.7. The molecule has 0 spiro atoms. The van der Waals surface area contributed by atoms with Crippen LogP contribution in [0.25, 0.3) is 0 Å². The van der Waals surface area contributed by atoms with E-state index in [0.29, 0.717) is 12.1 Å². The van der Waals surface area contributed by atoms with Crippen LogP contribution in [0, 0.1) is 0 Å². The highest BCUT2D eigenvalue weighted by Crippen LogP contribution is 2.20. The highest BCUT2D eigenvalue weighted by atomic mass is 16.3. The minimum atomic E-state index is -0.511. The van der Waals surface area contributed by atoms with Crippen LogP contribution >= 0.6 is 0 Å². The molecule has 5 heteroatoms. The van der Waals surface area contributed by atoms with Crippen LogP contribution in [0.5, 0.6) is 0 Å². The number of aromatic nitrogens is 1. The molecule has 3 rings (SSSR count). The van der Waals surface area contributed by atoms with E-state index in [0.717, 1.165) is 29.7 Å². The van der Waals surface area contributed by atoms with Crippen molar-refractivity contribution in [1.82, 2.24) is 15.2 Å². The zero-order chi connectivity index (χ0) is 21.3. The standard InChI is InChI=1S/C25H29N3O2/c1-19(23-9-6-15-26-17-23)28(2)25(30)22-12-10-20(11-13-22)14-16-27-18-24(29)21-7-4-3-5-8-21/h3-13,15,17,19,24,27,29H,14,16,18H2,1-2H3. The minimum Gasteiger partial charge on any atom is -0.387 e. The van der Waals surface area contributed by atoms with Gasteiger partial charge in [-0.05, 0) is 54.8 Å². The maximum absolute atomic E-state index is 12.8. The normalized spacial score (nSPS) is 12.9. The van der Waals surface area contributed by atoms with Gasteiger partial charge in [-0.15, -0.1) is 0 Å². The summed E-state index contributed by atoms with van der Waals surface area (Å²) in [6.07, 6.45) is 3.84. The molecule has 30 heavy (non-hydrogen) atoms. The van der Waals surface area contributed by atoms with Crippen LogP contribution < -0.4 is 5.32 Å². The summed E-state index contributed by atoms with van der Waals surface area (Å²) < 4.78 is 0. The van der Waals surface area contributed by atoms with E-state index in [1.807, 2.05) is 80.7 Å². The Labute approximate surface area is 178 Å². The predicted octanol–water partition coefficient (Wildman–Crippen LogP) is 3.78. The molecule has 156 valence electrons. The quantitative estimate of drug-likeness (QED) is 0.534. The van der Waals surface area contributed by atoms with Gasteiger partial charge in [-0.2, -0.15) is 0 Å². The van der Waals surface area contributed by atoms with Gasteiger partial charge in [-0.1, -0.05) is 48.5 Å². The van der Waals surface area contributed by atoms with Crippen LogP contribution in [0.3, 0.4) is 0 Å². The molecule has 2 atom stereocenters. The molecule has 0 aliphatic heterocycles. The van der Waals surface area contributed by atoms with Crippen LogP contribution in [0.15, 0.2) is 79.1 Å². The Balaban J connectivity index is 1.48. The first-order chi connectivity index (χ1) is 14.6. The summed E-state index contributed by atoms with van der Waals surface area (Å²) >= 11 is 0. The molecule has 0 fully saturated rings. The summed E-state index contributed by atoms with van der Waals surface area (Å²) in [4.78, 5) is 18.7. The van der Waals surface area contributed by atoms with E-state index in [1.54, 1.807) is 17.3 Å². The Bertz CT molecular complexity index is 914. The maximum Gasteiger partial charge on any atom is 0.254 e. The molecule has 0 saturated heterocycles. The van der Waals surface area contributed by atoms with E-state index in [2.05, 4.69) is 10.3 Å². The lowest BCUT2D eigenvalue weighted by Gasteiger charge is -2.25. The smallest absolute Gasteiger partial charge is 0.254 e. The summed E-state index contributed by atoms with van der Waals surface area (Å²) in [6.45, 7) is 3.27. The fraction of sp³-hybridized carbons (Fsp3) is 0.280. The van der Waals surface area contributed by atoms with Crippen molar-refractivity contribution >= 4 is 5.91 Å². The number of nitrogens with one attached hydrogen (secondary N) is 1. The molecule has 2 aromatic carbocycles. The third-order valence-electron chi connectivity index (χ3n) is 5.38. The van der Waals surface area contributed by atoms with Gasteiger partial charge < -0.3 is 15.3 Å². The number of nitrogens with zero attached hydrogens (tertiary/aromatic N) is 2. The average molecular weight is 404 g/mol. The molecule has 1 amide bonds. The molecule has 0 bridgehead atoms. The number of hydrogen-bond donors (Lipinski definition) is 2. The Morgan fingerprint density at radius 2 is 1.73 bits per heavy atom.